The summed E-state index contributed by atoms with van der Waals surface area (Å²) in [6.07, 6.45) is 2.34. The van der Waals surface area contributed by atoms with E-state index < -0.39 is 53.4 Å². The van der Waals surface area contributed by atoms with Gasteiger partial charge in [0.2, 0.25) is 0 Å². The number of fused-ring (bicyclic) bond motifs is 6. The van der Waals surface area contributed by atoms with Crippen LogP contribution in [-0.4, -0.2) is 75.1 Å². The summed E-state index contributed by atoms with van der Waals surface area (Å²) in [4.78, 5) is 36.9. The number of rotatable bonds is 3. The number of aliphatic hydroxyl groups excluding tert-OH is 1. The highest BCUT2D eigenvalue weighted by atomic mass is 16.7. The van der Waals surface area contributed by atoms with Crippen LogP contribution < -0.4 is 0 Å². The highest BCUT2D eigenvalue weighted by Gasteiger charge is 2.71. The third-order valence-corrected chi connectivity index (χ3v) is 10.7. The van der Waals surface area contributed by atoms with Gasteiger partial charge in [-0.25, -0.2) is 14.4 Å². The minimum Gasteiger partial charge on any atom is -0.438 e. The van der Waals surface area contributed by atoms with Crippen LogP contribution in [-0.2, 0) is 33.2 Å². The molecule has 218 valence electrons. The van der Waals surface area contributed by atoms with Gasteiger partial charge in [0.25, 0.3) is 0 Å². The molecular formula is C28H40O11. The molecule has 10 atom stereocenters. The third-order valence-electron chi connectivity index (χ3n) is 10.7. The van der Waals surface area contributed by atoms with Crippen molar-refractivity contribution in [1.29, 1.82) is 0 Å². The summed E-state index contributed by atoms with van der Waals surface area (Å²) in [5, 5.41) is 10.4. The molecular weight excluding hydrogens is 512 g/mol. The summed E-state index contributed by atoms with van der Waals surface area (Å²) >= 11 is 0. The van der Waals surface area contributed by atoms with Gasteiger partial charge in [-0.3, -0.25) is 0 Å². The lowest BCUT2D eigenvalue weighted by Crippen LogP contribution is -2.63. The van der Waals surface area contributed by atoms with Gasteiger partial charge in [0.05, 0.1) is 26.9 Å². The number of methoxy groups -OCH3 is 3. The average molecular weight is 553 g/mol. The zero-order valence-electron chi connectivity index (χ0n) is 23.3. The van der Waals surface area contributed by atoms with Crippen molar-refractivity contribution in [3.8, 4) is 0 Å². The molecule has 0 aromatic rings. The smallest absolute Gasteiger partial charge is 0.438 e. The fourth-order valence-corrected chi connectivity index (χ4v) is 8.93. The molecule has 1 N–H and O–H groups in total. The van der Waals surface area contributed by atoms with Crippen LogP contribution in [0.3, 0.4) is 0 Å². The monoisotopic (exact) mass is 552 g/mol. The van der Waals surface area contributed by atoms with Gasteiger partial charge < -0.3 is 38.3 Å². The molecule has 5 rings (SSSR count). The highest BCUT2D eigenvalue weighted by Crippen LogP contribution is 2.70. The molecule has 1 spiro atoms. The van der Waals surface area contributed by atoms with E-state index in [1.807, 2.05) is 6.08 Å². The van der Waals surface area contributed by atoms with E-state index in [4.69, 9.17) is 33.2 Å². The van der Waals surface area contributed by atoms with E-state index >= 15 is 0 Å². The second-order valence-electron chi connectivity index (χ2n) is 12.2. The van der Waals surface area contributed by atoms with Gasteiger partial charge >= 0.3 is 18.5 Å². The zero-order chi connectivity index (χ0) is 28.2. The Labute approximate surface area is 228 Å². The van der Waals surface area contributed by atoms with Crippen molar-refractivity contribution in [3.05, 3.63) is 11.6 Å². The Morgan fingerprint density at radius 2 is 1.54 bits per heavy atom. The lowest BCUT2D eigenvalue weighted by atomic mass is 9.45. The number of carbonyl (C=O) groups is 3. The van der Waals surface area contributed by atoms with Crippen LogP contribution in [0.15, 0.2) is 11.6 Å². The summed E-state index contributed by atoms with van der Waals surface area (Å²) in [6.45, 7) is 4.32. The summed E-state index contributed by atoms with van der Waals surface area (Å²) < 4.78 is 38.2. The van der Waals surface area contributed by atoms with Gasteiger partial charge in [-0.1, -0.05) is 19.4 Å². The number of hydrogen-bond donors (Lipinski definition) is 1. The van der Waals surface area contributed by atoms with E-state index in [9.17, 15) is 19.5 Å². The molecule has 1 aliphatic heterocycles. The molecule has 1 heterocycles. The first-order valence-electron chi connectivity index (χ1n) is 13.8. The van der Waals surface area contributed by atoms with Gasteiger partial charge in [-0.15, -0.1) is 0 Å². The number of aliphatic hydroxyl groups is 1. The van der Waals surface area contributed by atoms with Crippen LogP contribution in [0.4, 0.5) is 14.4 Å². The van der Waals surface area contributed by atoms with Crippen LogP contribution in [0.25, 0.3) is 0 Å². The second kappa shape index (κ2) is 10.1. The van der Waals surface area contributed by atoms with Crippen molar-refractivity contribution >= 4 is 18.5 Å². The standard InChI is InChI=1S/C28H40O11/c1-26-9-6-16(36-23(30)33-3)12-15(26)13-18(37-24(31)34-4)21-17-7-10-28(11-8-20(29)39-28)27(17,2)14-19(22(21)26)38-25(32)35-5/h13,16-22,29H,6-12,14H2,1-5H3/t16-,17?,18?,19?,20?,21?,22?,26-,27-,28?/m0/s1. The van der Waals surface area contributed by atoms with Crippen LogP contribution in [0.2, 0.25) is 0 Å². The zero-order valence-corrected chi connectivity index (χ0v) is 23.3. The molecule has 0 amide bonds. The second-order valence-corrected chi connectivity index (χ2v) is 12.2. The Morgan fingerprint density at radius 1 is 0.897 bits per heavy atom. The van der Waals surface area contributed by atoms with Gasteiger partial charge in [0, 0.05) is 30.1 Å². The van der Waals surface area contributed by atoms with E-state index in [1.54, 1.807) is 0 Å². The van der Waals surface area contributed by atoms with Crippen molar-refractivity contribution in [2.45, 2.75) is 95.4 Å². The molecule has 1 saturated heterocycles. The Hall–Kier alpha value is -2.53. The Balaban J connectivity index is 1.59. The molecule has 0 bridgehead atoms. The maximum absolute atomic E-state index is 12.6. The maximum Gasteiger partial charge on any atom is 0.508 e. The molecule has 11 heteroatoms. The molecule has 0 aromatic heterocycles. The summed E-state index contributed by atoms with van der Waals surface area (Å²) in [5.74, 6) is -0.339. The fourth-order valence-electron chi connectivity index (χ4n) is 8.93. The van der Waals surface area contributed by atoms with E-state index in [0.717, 1.165) is 18.4 Å². The van der Waals surface area contributed by atoms with Crippen molar-refractivity contribution in [1.82, 2.24) is 0 Å². The molecule has 7 unspecified atom stereocenters. The molecule has 0 aromatic carbocycles. The predicted molar refractivity (Wildman–Crippen MR) is 133 cm³/mol. The Kier molecular flexibility index (Phi) is 7.28. The van der Waals surface area contributed by atoms with Crippen LogP contribution in [0, 0.1) is 28.6 Å². The van der Waals surface area contributed by atoms with Crippen molar-refractivity contribution in [2.24, 2.45) is 28.6 Å². The molecule has 4 aliphatic carbocycles. The average Bonchev–Trinajstić information content (AvgIpc) is 3.43. The van der Waals surface area contributed by atoms with Gasteiger partial charge in [-0.2, -0.15) is 0 Å². The number of hydrogen-bond acceptors (Lipinski definition) is 11. The Bertz CT molecular complexity index is 1030. The number of ether oxygens (including phenoxy) is 7. The molecule has 0 radical (unpaired) electrons. The van der Waals surface area contributed by atoms with Crippen LogP contribution in [0.5, 0.6) is 0 Å². The van der Waals surface area contributed by atoms with Crippen molar-refractivity contribution in [3.63, 3.8) is 0 Å². The summed E-state index contributed by atoms with van der Waals surface area (Å²) in [6, 6.07) is 0. The third kappa shape index (κ3) is 4.45. The normalized spacial score (nSPS) is 44.3. The summed E-state index contributed by atoms with van der Waals surface area (Å²) in [7, 11) is 3.83. The SMILES string of the molecule is COC(=O)OC1C=C2C[C@@H](OC(=O)OC)CC[C@]2(C)C2C(OC(=O)OC)C[C@@]3(C)C(CCC34CCC(O)O4)C12. The fraction of sp³-hybridized carbons (Fsp3) is 0.821. The van der Waals surface area contributed by atoms with Crippen molar-refractivity contribution < 1.29 is 52.6 Å². The van der Waals surface area contributed by atoms with E-state index in [-0.39, 0.29) is 23.9 Å². The van der Waals surface area contributed by atoms with E-state index in [0.29, 0.717) is 38.5 Å². The van der Waals surface area contributed by atoms with Crippen molar-refractivity contribution in [2.75, 3.05) is 21.3 Å². The van der Waals surface area contributed by atoms with E-state index in [1.165, 1.54) is 21.3 Å². The van der Waals surface area contributed by atoms with Gasteiger partial charge in [0.15, 0.2) is 6.29 Å². The largest absolute Gasteiger partial charge is 0.508 e. The minimum atomic E-state index is -0.833. The lowest BCUT2D eigenvalue weighted by Gasteiger charge is -2.62. The van der Waals surface area contributed by atoms with Crippen LogP contribution in [0.1, 0.15) is 65.2 Å². The Morgan fingerprint density at radius 3 is 2.18 bits per heavy atom. The van der Waals surface area contributed by atoms with E-state index in [2.05, 4.69) is 13.8 Å². The maximum atomic E-state index is 12.6. The molecule has 3 saturated carbocycles. The lowest BCUT2D eigenvalue weighted by molar-refractivity contribution is -0.221. The first-order valence-corrected chi connectivity index (χ1v) is 13.8. The van der Waals surface area contributed by atoms with Gasteiger partial charge in [0.1, 0.15) is 18.3 Å². The van der Waals surface area contributed by atoms with Crippen LogP contribution >= 0.6 is 0 Å². The first-order chi connectivity index (χ1) is 18.5. The molecule has 11 nitrogen and oxygen atoms in total. The predicted octanol–water partition coefficient (Wildman–Crippen LogP) is 4.49. The summed E-state index contributed by atoms with van der Waals surface area (Å²) in [5.41, 5.74) is -0.440. The molecule has 39 heavy (non-hydrogen) atoms. The minimum absolute atomic E-state index is 0.0682. The molecule has 4 fully saturated rings. The molecule has 5 aliphatic rings. The topological polar surface area (TPSA) is 136 Å². The van der Waals surface area contributed by atoms with Gasteiger partial charge in [-0.05, 0) is 55.9 Å². The highest BCUT2D eigenvalue weighted by molar-refractivity contribution is 5.61. The first kappa shape index (κ1) is 28.0. The number of carbonyl (C=O) groups excluding carboxylic acids is 3. The quantitative estimate of drug-likeness (QED) is 0.301.